The number of aliphatic imine (C=N–C) groups is 1. The largest absolute Gasteiger partial charge is 0.493 e. The van der Waals surface area contributed by atoms with Crippen molar-refractivity contribution < 1.29 is 9.47 Å². The van der Waals surface area contributed by atoms with Gasteiger partial charge in [-0.25, -0.2) is 9.98 Å². The van der Waals surface area contributed by atoms with Crippen LogP contribution in [0.2, 0.25) is 0 Å². The van der Waals surface area contributed by atoms with E-state index in [2.05, 4.69) is 44.5 Å². The first-order valence-electron chi connectivity index (χ1n) is 10.6. The molecule has 7 nitrogen and oxygen atoms in total. The molecule has 0 spiro atoms. The van der Waals surface area contributed by atoms with Gasteiger partial charge in [0.2, 0.25) is 0 Å². The maximum Gasteiger partial charge on any atom is 0.196 e. The van der Waals surface area contributed by atoms with Crippen molar-refractivity contribution in [1.29, 1.82) is 0 Å². The van der Waals surface area contributed by atoms with Crippen molar-refractivity contribution >= 4 is 35.6 Å². The lowest BCUT2D eigenvalue weighted by molar-refractivity contribution is 0.311. The minimum atomic E-state index is 0. The maximum absolute atomic E-state index is 5.59. The molecule has 0 saturated heterocycles. The smallest absolute Gasteiger partial charge is 0.196 e. The van der Waals surface area contributed by atoms with Gasteiger partial charge in [-0.05, 0) is 38.0 Å². The van der Waals surface area contributed by atoms with Gasteiger partial charge in [0.05, 0.1) is 13.7 Å². The van der Waals surface area contributed by atoms with E-state index in [4.69, 9.17) is 14.5 Å². The molecular formula is C24H32IN5O2. The van der Waals surface area contributed by atoms with Gasteiger partial charge in [0, 0.05) is 37.2 Å². The van der Waals surface area contributed by atoms with Gasteiger partial charge in [0.15, 0.2) is 17.5 Å². The number of rotatable bonds is 10. The van der Waals surface area contributed by atoms with Gasteiger partial charge < -0.3 is 24.7 Å². The molecule has 3 aromatic rings. The molecular weight excluding hydrogens is 517 g/mol. The lowest BCUT2D eigenvalue weighted by atomic mass is 10.1. The summed E-state index contributed by atoms with van der Waals surface area (Å²) in [7, 11) is 1.64. The SMILES string of the molecule is CCNC(=NCc1nccn1CCc1ccccc1)Nc1ccc(OCC)c(OC)c1.I. The average molecular weight is 549 g/mol. The van der Waals surface area contributed by atoms with Crippen molar-refractivity contribution in [3.05, 3.63) is 72.3 Å². The molecule has 0 unspecified atom stereocenters. The van der Waals surface area contributed by atoms with Crippen molar-refractivity contribution in [3.8, 4) is 11.5 Å². The zero-order valence-corrected chi connectivity index (χ0v) is 21.2. The van der Waals surface area contributed by atoms with E-state index >= 15 is 0 Å². The number of methoxy groups -OCH3 is 1. The van der Waals surface area contributed by atoms with Gasteiger partial charge in [-0.2, -0.15) is 0 Å². The summed E-state index contributed by atoms with van der Waals surface area (Å²) in [5, 5.41) is 6.61. The molecule has 0 saturated carbocycles. The molecule has 32 heavy (non-hydrogen) atoms. The summed E-state index contributed by atoms with van der Waals surface area (Å²) < 4.78 is 13.2. The van der Waals surface area contributed by atoms with Gasteiger partial charge in [0.1, 0.15) is 12.4 Å². The topological polar surface area (TPSA) is 72.7 Å². The van der Waals surface area contributed by atoms with E-state index in [0.29, 0.717) is 24.9 Å². The van der Waals surface area contributed by atoms with Crippen LogP contribution in [0, 0.1) is 0 Å². The van der Waals surface area contributed by atoms with Crippen molar-refractivity contribution in [3.63, 3.8) is 0 Å². The summed E-state index contributed by atoms with van der Waals surface area (Å²) in [4.78, 5) is 9.21. The molecule has 0 aliphatic carbocycles. The van der Waals surface area contributed by atoms with Crippen molar-refractivity contribution in [2.45, 2.75) is 33.4 Å². The Labute approximate surface area is 207 Å². The Balaban J connectivity index is 0.00000363. The monoisotopic (exact) mass is 549 g/mol. The van der Waals surface area contributed by atoms with Crippen LogP contribution in [0.4, 0.5) is 5.69 Å². The number of anilines is 1. The Kier molecular flexibility index (Phi) is 10.9. The van der Waals surface area contributed by atoms with E-state index in [1.54, 1.807) is 7.11 Å². The average Bonchev–Trinajstić information content (AvgIpc) is 3.25. The number of aromatic nitrogens is 2. The number of ether oxygens (including phenoxy) is 2. The number of hydrogen-bond donors (Lipinski definition) is 2. The van der Waals surface area contributed by atoms with Crippen LogP contribution in [0.3, 0.4) is 0 Å². The predicted molar refractivity (Wildman–Crippen MR) is 140 cm³/mol. The zero-order valence-electron chi connectivity index (χ0n) is 18.9. The summed E-state index contributed by atoms with van der Waals surface area (Å²) >= 11 is 0. The minimum absolute atomic E-state index is 0. The second kappa shape index (κ2) is 13.6. The second-order valence-corrected chi connectivity index (χ2v) is 6.89. The van der Waals surface area contributed by atoms with Gasteiger partial charge in [-0.1, -0.05) is 30.3 Å². The molecule has 1 heterocycles. The number of nitrogens with one attached hydrogen (secondary N) is 2. The molecule has 172 valence electrons. The quantitative estimate of drug-likeness (QED) is 0.218. The number of hydrogen-bond acceptors (Lipinski definition) is 4. The molecule has 2 N–H and O–H groups in total. The van der Waals surface area contributed by atoms with E-state index in [1.807, 2.05) is 50.5 Å². The highest BCUT2D eigenvalue weighted by Crippen LogP contribution is 2.30. The highest BCUT2D eigenvalue weighted by atomic mass is 127. The number of nitrogens with zero attached hydrogens (tertiary/aromatic N) is 3. The van der Waals surface area contributed by atoms with E-state index in [1.165, 1.54) is 5.56 Å². The predicted octanol–water partition coefficient (Wildman–Crippen LogP) is 4.73. The zero-order chi connectivity index (χ0) is 21.9. The molecule has 0 amide bonds. The summed E-state index contributed by atoms with van der Waals surface area (Å²) in [5.74, 6) is 3.01. The Bertz CT molecular complexity index is 976. The number of imidazole rings is 1. The van der Waals surface area contributed by atoms with Crippen LogP contribution in [-0.4, -0.2) is 35.8 Å². The molecule has 2 aromatic carbocycles. The molecule has 0 radical (unpaired) electrons. The van der Waals surface area contributed by atoms with Crippen molar-refractivity contribution in [2.75, 3.05) is 25.6 Å². The summed E-state index contributed by atoms with van der Waals surface area (Å²) in [6.07, 6.45) is 4.79. The fourth-order valence-corrected chi connectivity index (χ4v) is 3.20. The maximum atomic E-state index is 5.59. The van der Waals surface area contributed by atoms with Gasteiger partial charge >= 0.3 is 0 Å². The molecule has 8 heteroatoms. The van der Waals surface area contributed by atoms with Gasteiger partial charge in [-0.15, -0.1) is 24.0 Å². The van der Waals surface area contributed by atoms with Gasteiger partial charge in [0.25, 0.3) is 0 Å². The number of aryl methyl sites for hydroxylation is 2. The Morgan fingerprint density at radius 3 is 2.62 bits per heavy atom. The third-order valence-corrected chi connectivity index (χ3v) is 4.73. The van der Waals surface area contributed by atoms with Gasteiger partial charge in [-0.3, -0.25) is 0 Å². The highest BCUT2D eigenvalue weighted by Gasteiger charge is 2.08. The first-order chi connectivity index (χ1) is 15.2. The summed E-state index contributed by atoms with van der Waals surface area (Å²) in [5.41, 5.74) is 2.18. The van der Waals surface area contributed by atoms with Crippen LogP contribution in [0.1, 0.15) is 25.2 Å². The second-order valence-electron chi connectivity index (χ2n) is 6.89. The van der Waals surface area contributed by atoms with E-state index in [0.717, 1.165) is 36.8 Å². The first kappa shape index (κ1) is 25.5. The van der Waals surface area contributed by atoms with Crippen LogP contribution >= 0.6 is 24.0 Å². The minimum Gasteiger partial charge on any atom is -0.493 e. The molecule has 0 fully saturated rings. The lowest BCUT2D eigenvalue weighted by Gasteiger charge is -2.14. The summed E-state index contributed by atoms with van der Waals surface area (Å²) in [6, 6.07) is 16.2. The van der Waals surface area contributed by atoms with E-state index in [9.17, 15) is 0 Å². The fourth-order valence-electron chi connectivity index (χ4n) is 3.20. The Morgan fingerprint density at radius 2 is 1.91 bits per heavy atom. The van der Waals surface area contributed by atoms with E-state index < -0.39 is 0 Å². The van der Waals surface area contributed by atoms with Crippen LogP contribution < -0.4 is 20.1 Å². The third kappa shape index (κ3) is 7.44. The highest BCUT2D eigenvalue weighted by molar-refractivity contribution is 14.0. The van der Waals surface area contributed by atoms with E-state index in [-0.39, 0.29) is 24.0 Å². The van der Waals surface area contributed by atoms with Crippen LogP contribution in [0.15, 0.2) is 65.9 Å². The number of benzene rings is 2. The van der Waals surface area contributed by atoms with Crippen LogP contribution in [-0.2, 0) is 19.5 Å². The van der Waals surface area contributed by atoms with Crippen molar-refractivity contribution in [1.82, 2.24) is 14.9 Å². The third-order valence-electron chi connectivity index (χ3n) is 4.73. The standard InChI is InChI=1S/C24H31N5O2.HI/c1-4-25-24(28-20-11-12-21(31-5-2)22(17-20)30-3)27-18-23-26-14-16-29(23)15-13-19-9-7-6-8-10-19;/h6-12,14,16-17H,4-5,13,15,18H2,1-3H3,(H2,25,27,28);1H. The van der Waals surface area contributed by atoms with Crippen LogP contribution in [0.5, 0.6) is 11.5 Å². The molecule has 3 rings (SSSR count). The molecule has 0 aliphatic rings. The van der Waals surface area contributed by atoms with Crippen molar-refractivity contribution in [2.24, 2.45) is 4.99 Å². The Hall–Kier alpha value is -2.75. The fraction of sp³-hybridized carbons (Fsp3) is 0.333. The van der Waals surface area contributed by atoms with Crippen LogP contribution in [0.25, 0.3) is 0 Å². The lowest BCUT2D eigenvalue weighted by Crippen LogP contribution is -2.30. The molecule has 0 atom stereocenters. The Morgan fingerprint density at radius 1 is 1.09 bits per heavy atom. The molecule has 0 bridgehead atoms. The normalized spacial score (nSPS) is 10.9. The number of halogens is 1. The summed E-state index contributed by atoms with van der Waals surface area (Å²) in [6.45, 7) is 6.68. The molecule has 1 aromatic heterocycles. The number of guanidine groups is 1. The molecule has 0 aliphatic heterocycles. The first-order valence-corrected chi connectivity index (χ1v) is 10.6.